The lowest BCUT2D eigenvalue weighted by atomic mass is 10.3. The van der Waals surface area contributed by atoms with Gasteiger partial charge in [0.05, 0.1) is 0 Å². The van der Waals surface area contributed by atoms with Crippen LogP contribution in [0.4, 0.5) is 5.69 Å². The summed E-state index contributed by atoms with van der Waals surface area (Å²) in [5, 5.41) is 0.133. The first-order chi connectivity index (χ1) is 15.0. The molecular weight excluding hydrogens is 409 g/mol. The average molecular weight is 433 g/mol. The van der Waals surface area contributed by atoms with E-state index in [1.54, 1.807) is 43.4 Å². The normalized spacial score (nSPS) is 14.5. The Morgan fingerprint density at radius 3 is 1.74 bits per heavy atom. The Balaban J connectivity index is 1.58. The molecule has 158 valence electrons. The minimum atomic E-state index is -3.31. The Morgan fingerprint density at radius 1 is 0.839 bits per heavy atom. The Bertz CT molecular complexity index is 1070. The summed E-state index contributed by atoms with van der Waals surface area (Å²) in [4.78, 5) is 27.2. The predicted molar refractivity (Wildman–Crippen MR) is 123 cm³/mol. The molecule has 3 aromatic carbocycles. The molecule has 0 unspecified atom stereocenters. The van der Waals surface area contributed by atoms with E-state index in [0.717, 1.165) is 0 Å². The van der Waals surface area contributed by atoms with Crippen molar-refractivity contribution < 1.29 is 18.9 Å². The molecule has 1 amide bonds. The SMILES string of the molecule is CN(C(=O)COC(=O)C1(P(=O)(c2ccccc2)c2ccccc2)CC1)c1ccccc1. The lowest BCUT2D eigenvalue weighted by molar-refractivity contribution is -0.148. The van der Waals surface area contributed by atoms with Crippen LogP contribution >= 0.6 is 7.14 Å². The molecule has 0 saturated heterocycles. The number of likely N-dealkylation sites (N-methyl/N-ethyl adjacent to an activating group) is 1. The molecule has 6 heteroatoms. The van der Waals surface area contributed by atoms with E-state index >= 15 is 0 Å². The van der Waals surface area contributed by atoms with Crippen molar-refractivity contribution in [3.05, 3.63) is 91.0 Å². The number of benzene rings is 3. The zero-order chi connectivity index (χ0) is 21.9. The number of hydrogen-bond donors (Lipinski definition) is 0. The van der Waals surface area contributed by atoms with Gasteiger partial charge in [-0.3, -0.25) is 9.59 Å². The molecule has 0 N–H and O–H groups in total. The van der Waals surface area contributed by atoms with Crippen LogP contribution in [0.3, 0.4) is 0 Å². The first-order valence-corrected chi connectivity index (χ1v) is 11.9. The molecule has 1 saturated carbocycles. The maximum Gasteiger partial charge on any atom is 0.320 e. The van der Waals surface area contributed by atoms with Gasteiger partial charge in [-0.15, -0.1) is 0 Å². The molecule has 4 rings (SSSR count). The molecule has 31 heavy (non-hydrogen) atoms. The standard InChI is InChI=1S/C25H24NO4P/c1-26(20-11-5-2-6-12-20)23(27)19-30-24(28)25(17-18-25)31(29,21-13-7-3-8-14-21)22-15-9-4-10-16-22/h2-16H,17-19H2,1H3. The number of carbonyl (C=O) groups excluding carboxylic acids is 2. The monoisotopic (exact) mass is 433 g/mol. The number of esters is 1. The van der Waals surface area contributed by atoms with E-state index in [-0.39, 0.29) is 5.91 Å². The lowest BCUT2D eigenvalue weighted by Gasteiger charge is -2.27. The zero-order valence-electron chi connectivity index (χ0n) is 17.3. The van der Waals surface area contributed by atoms with Crippen molar-refractivity contribution in [2.24, 2.45) is 0 Å². The molecule has 0 aliphatic heterocycles. The molecule has 1 fully saturated rings. The molecular formula is C25H24NO4P. The van der Waals surface area contributed by atoms with Gasteiger partial charge in [0.1, 0.15) is 5.16 Å². The summed E-state index contributed by atoms with van der Waals surface area (Å²) in [6.45, 7) is -0.393. The fourth-order valence-corrected chi connectivity index (χ4v) is 7.37. The molecule has 1 aliphatic rings. The van der Waals surface area contributed by atoms with Crippen molar-refractivity contribution in [2.75, 3.05) is 18.6 Å². The van der Waals surface area contributed by atoms with Crippen molar-refractivity contribution in [3.63, 3.8) is 0 Å². The van der Waals surface area contributed by atoms with Gasteiger partial charge < -0.3 is 14.2 Å². The predicted octanol–water partition coefficient (Wildman–Crippen LogP) is 3.74. The molecule has 0 bridgehead atoms. The van der Waals surface area contributed by atoms with Gasteiger partial charge in [0.25, 0.3) is 5.91 Å². The van der Waals surface area contributed by atoms with E-state index < -0.39 is 24.9 Å². The smallest absolute Gasteiger partial charge is 0.320 e. The minimum absolute atomic E-state index is 0.343. The molecule has 3 aromatic rings. The summed E-state index contributed by atoms with van der Waals surface area (Å²) >= 11 is 0. The van der Waals surface area contributed by atoms with Gasteiger partial charge in [0, 0.05) is 23.3 Å². The number of amides is 1. The minimum Gasteiger partial charge on any atom is -0.455 e. The van der Waals surface area contributed by atoms with Gasteiger partial charge in [-0.2, -0.15) is 0 Å². The van der Waals surface area contributed by atoms with Crippen molar-refractivity contribution in [1.82, 2.24) is 0 Å². The fourth-order valence-electron chi connectivity index (χ4n) is 3.84. The highest BCUT2D eigenvalue weighted by atomic mass is 31.2. The van der Waals surface area contributed by atoms with Crippen LogP contribution in [-0.4, -0.2) is 30.7 Å². The summed E-state index contributed by atoms with van der Waals surface area (Å²) < 4.78 is 20.0. The average Bonchev–Trinajstić information content (AvgIpc) is 3.65. The van der Waals surface area contributed by atoms with Gasteiger partial charge in [-0.1, -0.05) is 78.9 Å². The van der Waals surface area contributed by atoms with Crippen LogP contribution in [0.5, 0.6) is 0 Å². The van der Waals surface area contributed by atoms with Gasteiger partial charge in [0.2, 0.25) is 0 Å². The maximum absolute atomic E-state index is 14.5. The van der Waals surface area contributed by atoms with Gasteiger partial charge in [-0.25, -0.2) is 0 Å². The number of rotatable bonds is 7. The van der Waals surface area contributed by atoms with E-state index in [0.29, 0.717) is 29.1 Å². The van der Waals surface area contributed by atoms with Crippen molar-refractivity contribution in [2.45, 2.75) is 18.0 Å². The second-order valence-electron chi connectivity index (χ2n) is 7.68. The van der Waals surface area contributed by atoms with E-state index in [1.807, 2.05) is 54.6 Å². The summed E-state index contributed by atoms with van der Waals surface area (Å²) in [6.07, 6.45) is 0.936. The van der Waals surface area contributed by atoms with Crippen molar-refractivity contribution in [1.29, 1.82) is 0 Å². The Labute approximate surface area is 182 Å². The molecule has 0 atom stereocenters. The van der Waals surface area contributed by atoms with Crippen LogP contribution in [0.1, 0.15) is 12.8 Å². The third-order valence-electron chi connectivity index (χ3n) is 5.79. The highest BCUT2D eigenvalue weighted by Crippen LogP contribution is 2.68. The third-order valence-corrected chi connectivity index (χ3v) is 9.68. The van der Waals surface area contributed by atoms with Crippen molar-refractivity contribution >= 4 is 35.3 Å². The summed E-state index contributed by atoms with van der Waals surface area (Å²) in [5.41, 5.74) is 0.712. The number of para-hydroxylation sites is 1. The van der Waals surface area contributed by atoms with Crippen molar-refractivity contribution in [3.8, 4) is 0 Å². The number of nitrogens with zero attached hydrogens (tertiary/aromatic N) is 1. The first kappa shape index (κ1) is 21.1. The quantitative estimate of drug-likeness (QED) is 0.421. The van der Waals surface area contributed by atoms with Gasteiger partial charge in [-0.05, 0) is 25.0 Å². The highest BCUT2D eigenvalue weighted by Gasteiger charge is 2.65. The molecule has 0 aromatic heterocycles. The second kappa shape index (κ2) is 8.52. The zero-order valence-corrected chi connectivity index (χ0v) is 18.2. The van der Waals surface area contributed by atoms with Crippen LogP contribution in [-0.2, 0) is 18.9 Å². The number of hydrogen-bond acceptors (Lipinski definition) is 4. The Morgan fingerprint density at radius 2 is 1.29 bits per heavy atom. The second-order valence-corrected chi connectivity index (χ2v) is 10.8. The van der Waals surface area contributed by atoms with Crippen LogP contribution < -0.4 is 15.5 Å². The fraction of sp³-hybridized carbons (Fsp3) is 0.200. The largest absolute Gasteiger partial charge is 0.455 e. The van der Waals surface area contributed by atoms with E-state index in [2.05, 4.69) is 0 Å². The molecule has 0 heterocycles. The summed E-state index contributed by atoms with van der Waals surface area (Å²) in [6, 6.07) is 27.4. The topological polar surface area (TPSA) is 63.7 Å². The van der Waals surface area contributed by atoms with Crippen LogP contribution in [0.2, 0.25) is 0 Å². The van der Waals surface area contributed by atoms with Crippen LogP contribution in [0, 0.1) is 0 Å². The number of ether oxygens (including phenoxy) is 1. The van der Waals surface area contributed by atoms with Crippen LogP contribution in [0.25, 0.3) is 0 Å². The molecule has 5 nitrogen and oxygen atoms in total. The molecule has 1 aliphatic carbocycles. The number of carbonyl (C=O) groups is 2. The van der Waals surface area contributed by atoms with Gasteiger partial charge in [0.15, 0.2) is 13.7 Å². The maximum atomic E-state index is 14.5. The lowest BCUT2D eigenvalue weighted by Crippen LogP contribution is -2.37. The van der Waals surface area contributed by atoms with Crippen LogP contribution in [0.15, 0.2) is 91.0 Å². The Kier molecular flexibility index (Phi) is 5.79. The Hall–Kier alpha value is -3.17. The van der Waals surface area contributed by atoms with Gasteiger partial charge >= 0.3 is 5.97 Å². The summed E-state index contributed by atoms with van der Waals surface area (Å²) in [7, 11) is -1.68. The third kappa shape index (κ3) is 3.82. The highest BCUT2D eigenvalue weighted by molar-refractivity contribution is 7.81. The first-order valence-electron chi connectivity index (χ1n) is 10.2. The van der Waals surface area contributed by atoms with E-state index in [1.165, 1.54) is 4.90 Å². The molecule has 0 radical (unpaired) electrons. The van der Waals surface area contributed by atoms with E-state index in [9.17, 15) is 14.2 Å². The number of anilines is 1. The molecule has 0 spiro atoms. The summed E-state index contributed by atoms with van der Waals surface area (Å²) in [5.74, 6) is -0.914. The van der Waals surface area contributed by atoms with E-state index in [4.69, 9.17) is 4.74 Å².